The number of fused-ring (bicyclic) bond motifs is 3. The van der Waals surface area contributed by atoms with Crippen molar-refractivity contribution in [3.05, 3.63) is 29.3 Å². The van der Waals surface area contributed by atoms with Crippen molar-refractivity contribution in [3.63, 3.8) is 0 Å². The average Bonchev–Trinajstić information content (AvgIpc) is 2.89. The zero-order chi connectivity index (χ0) is 19.4. The Hall–Kier alpha value is -2.37. The molecule has 2 amide bonds. The molecule has 2 bridgehead atoms. The number of likely N-dealkylation sites (tertiary alicyclic amines) is 1. The molecule has 2 aliphatic rings. The number of ether oxygens (including phenoxy) is 1. The summed E-state index contributed by atoms with van der Waals surface area (Å²) in [6.07, 6.45) is 3.12. The number of hydrogen-bond donors (Lipinski definition) is 1. The fourth-order valence-electron chi connectivity index (χ4n) is 3.92. The summed E-state index contributed by atoms with van der Waals surface area (Å²) in [6, 6.07) is 5.42. The van der Waals surface area contributed by atoms with Crippen LogP contribution in [0.5, 0.6) is 5.75 Å². The SMILES string of the molecule is CCOc1ccc(C(=O)CCC(=O)N2C[C@@H]3CCC[C@H](C2)C(=O)N3)cc1C. The van der Waals surface area contributed by atoms with Gasteiger partial charge < -0.3 is 15.0 Å². The van der Waals surface area contributed by atoms with Crippen LogP contribution in [0.15, 0.2) is 18.2 Å². The first kappa shape index (κ1) is 19.4. The fraction of sp³-hybridized carbons (Fsp3) is 0.571. The molecule has 27 heavy (non-hydrogen) atoms. The third kappa shape index (κ3) is 4.67. The van der Waals surface area contributed by atoms with Crippen molar-refractivity contribution in [1.82, 2.24) is 10.2 Å². The van der Waals surface area contributed by atoms with Gasteiger partial charge in [0.1, 0.15) is 5.75 Å². The van der Waals surface area contributed by atoms with E-state index in [1.54, 1.807) is 17.0 Å². The zero-order valence-electron chi connectivity index (χ0n) is 16.1. The molecule has 6 heteroatoms. The number of ketones is 1. The maximum Gasteiger partial charge on any atom is 0.225 e. The quantitative estimate of drug-likeness (QED) is 0.779. The number of Topliss-reactive ketones (excluding diaryl/α,β-unsaturated/α-hetero) is 1. The normalized spacial score (nSPS) is 22.0. The van der Waals surface area contributed by atoms with E-state index in [1.807, 2.05) is 19.9 Å². The van der Waals surface area contributed by atoms with Crippen LogP contribution in [0.2, 0.25) is 0 Å². The van der Waals surface area contributed by atoms with Crippen LogP contribution in [0, 0.1) is 12.8 Å². The van der Waals surface area contributed by atoms with Gasteiger partial charge in [-0.3, -0.25) is 14.4 Å². The van der Waals surface area contributed by atoms with Gasteiger partial charge in [-0.05, 0) is 50.5 Å². The molecule has 0 unspecified atom stereocenters. The molecule has 6 nitrogen and oxygen atoms in total. The van der Waals surface area contributed by atoms with E-state index in [-0.39, 0.29) is 42.4 Å². The lowest BCUT2D eigenvalue weighted by molar-refractivity contribution is -0.132. The Labute approximate surface area is 160 Å². The van der Waals surface area contributed by atoms with E-state index in [0.29, 0.717) is 25.3 Å². The third-order valence-electron chi connectivity index (χ3n) is 5.42. The standard InChI is InChI=1S/C21H28N2O4/c1-3-27-19-9-7-15(11-14(19)2)18(24)8-10-20(25)23-12-16-5-4-6-17(13-23)22-21(16)26/h7,9,11,16-17H,3-6,8,10,12-13H2,1-2H3,(H,22,26)/t16-,17+/m1/s1. The van der Waals surface area contributed by atoms with E-state index in [9.17, 15) is 14.4 Å². The van der Waals surface area contributed by atoms with E-state index >= 15 is 0 Å². The predicted octanol–water partition coefficient (Wildman–Crippen LogP) is 2.48. The lowest BCUT2D eigenvalue weighted by Crippen LogP contribution is -2.41. The Morgan fingerprint density at radius 2 is 2.04 bits per heavy atom. The van der Waals surface area contributed by atoms with Gasteiger partial charge in [-0.1, -0.05) is 6.42 Å². The highest BCUT2D eigenvalue weighted by Gasteiger charge is 2.34. The van der Waals surface area contributed by atoms with Crippen molar-refractivity contribution in [3.8, 4) is 5.75 Å². The molecule has 0 spiro atoms. The Morgan fingerprint density at radius 1 is 1.22 bits per heavy atom. The number of carbonyl (C=O) groups excluding carboxylic acids is 3. The average molecular weight is 372 g/mol. The number of hydrogen-bond acceptors (Lipinski definition) is 4. The van der Waals surface area contributed by atoms with Crippen LogP contribution in [-0.4, -0.2) is 48.2 Å². The molecule has 3 rings (SSSR count). The van der Waals surface area contributed by atoms with Gasteiger partial charge in [0.25, 0.3) is 0 Å². The molecule has 2 saturated heterocycles. The van der Waals surface area contributed by atoms with Crippen LogP contribution in [0.25, 0.3) is 0 Å². The summed E-state index contributed by atoms with van der Waals surface area (Å²) in [5.41, 5.74) is 1.52. The summed E-state index contributed by atoms with van der Waals surface area (Å²) in [4.78, 5) is 39.0. The molecule has 0 saturated carbocycles. The van der Waals surface area contributed by atoms with E-state index in [0.717, 1.165) is 30.6 Å². The van der Waals surface area contributed by atoms with Gasteiger partial charge in [-0.25, -0.2) is 0 Å². The first-order valence-corrected chi connectivity index (χ1v) is 9.82. The molecular weight excluding hydrogens is 344 g/mol. The van der Waals surface area contributed by atoms with Gasteiger partial charge in [-0.2, -0.15) is 0 Å². The van der Waals surface area contributed by atoms with Crippen molar-refractivity contribution in [2.24, 2.45) is 5.92 Å². The summed E-state index contributed by atoms with van der Waals surface area (Å²) in [6.45, 7) is 5.43. The summed E-state index contributed by atoms with van der Waals surface area (Å²) in [7, 11) is 0. The van der Waals surface area contributed by atoms with Crippen LogP contribution >= 0.6 is 0 Å². The maximum absolute atomic E-state index is 12.6. The van der Waals surface area contributed by atoms with E-state index in [2.05, 4.69) is 5.32 Å². The predicted molar refractivity (Wildman–Crippen MR) is 102 cm³/mol. The molecule has 0 aromatic heterocycles. The summed E-state index contributed by atoms with van der Waals surface area (Å²) >= 11 is 0. The highest BCUT2D eigenvalue weighted by molar-refractivity contribution is 5.98. The van der Waals surface area contributed by atoms with Crippen molar-refractivity contribution < 1.29 is 19.1 Å². The van der Waals surface area contributed by atoms with Crippen LogP contribution in [0.4, 0.5) is 0 Å². The molecule has 0 aliphatic carbocycles. The highest BCUT2D eigenvalue weighted by atomic mass is 16.5. The Balaban J connectivity index is 1.58. The smallest absolute Gasteiger partial charge is 0.225 e. The minimum atomic E-state index is -0.120. The van der Waals surface area contributed by atoms with E-state index in [1.165, 1.54) is 0 Å². The maximum atomic E-state index is 12.6. The molecule has 1 aromatic rings. The van der Waals surface area contributed by atoms with Crippen molar-refractivity contribution >= 4 is 17.6 Å². The topological polar surface area (TPSA) is 75.7 Å². The summed E-state index contributed by atoms with van der Waals surface area (Å²) in [5.74, 6) is 0.635. The number of amides is 2. The Morgan fingerprint density at radius 3 is 2.78 bits per heavy atom. The zero-order valence-corrected chi connectivity index (χ0v) is 16.1. The van der Waals surface area contributed by atoms with Crippen molar-refractivity contribution in [2.45, 2.75) is 52.0 Å². The number of carbonyl (C=O) groups is 3. The lowest BCUT2D eigenvalue weighted by Gasteiger charge is -2.27. The van der Waals surface area contributed by atoms with Crippen LogP contribution in [-0.2, 0) is 9.59 Å². The van der Waals surface area contributed by atoms with Gasteiger partial charge in [0, 0.05) is 37.5 Å². The second-order valence-electron chi connectivity index (χ2n) is 7.47. The largest absolute Gasteiger partial charge is 0.494 e. The number of benzene rings is 1. The molecule has 146 valence electrons. The second-order valence-corrected chi connectivity index (χ2v) is 7.47. The van der Waals surface area contributed by atoms with Gasteiger partial charge in [0.2, 0.25) is 11.8 Å². The molecule has 2 heterocycles. The number of nitrogens with zero attached hydrogens (tertiary/aromatic N) is 1. The van der Waals surface area contributed by atoms with Gasteiger partial charge in [0.15, 0.2) is 5.78 Å². The third-order valence-corrected chi connectivity index (χ3v) is 5.42. The van der Waals surface area contributed by atoms with Crippen LogP contribution in [0.1, 0.15) is 54.9 Å². The highest BCUT2D eigenvalue weighted by Crippen LogP contribution is 2.23. The fourth-order valence-corrected chi connectivity index (χ4v) is 3.92. The Bertz CT molecular complexity index is 731. The molecule has 1 aromatic carbocycles. The molecule has 1 N–H and O–H groups in total. The monoisotopic (exact) mass is 372 g/mol. The molecule has 0 radical (unpaired) electrons. The summed E-state index contributed by atoms with van der Waals surface area (Å²) < 4.78 is 5.50. The number of rotatable bonds is 6. The first-order chi connectivity index (χ1) is 13.0. The first-order valence-electron chi connectivity index (χ1n) is 9.82. The van der Waals surface area contributed by atoms with Crippen molar-refractivity contribution in [1.29, 1.82) is 0 Å². The van der Waals surface area contributed by atoms with Gasteiger partial charge in [0.05, 0.1) is 12.5 Å². The minimum Gasteiger partial charge on any atom is -0.494 e. The lowest BCUT2D eigenvalue weighted by atomic mass is 9.98. The van der Waals surface area contributed by atoms with Gasteiger partial charge >= 0.3 is 0 Å². The Kier molecular flexibility index (Phi) is 6.14. The molecule has 2 atom stereocenters. The molecular formula is C21H28N2O4. The number of aryl methyl sites for hydroxylation is 1. The van der Waals surface area contributed by atoms with Crippen LogP contribution in [0.3, 0.4) is 0 Å². The second kappa shape index (κ2) is 8.55. The minimum absolute atomic E-state index is 0.0402. The van der Waals surface area contributed by atoms with Gasteiger partial charge in [-0.15, -0.1) is 0 Å². The molecule has 2 aliphatic heterocycles. The van der Waals surface area contributed by atoms with Crippen LogP contribution < -0.4 is 10.1 Å². The summed E-state index contributed by atoms with van der Waals surface area (Å²) in [5, 5.41) is 3.03. The van der Waals surface area contributed by atoms with Crippen molar-refractivity contribution in [2.75, 3.05) is 19.7 Å². The number of nitrogens with one attached hydrogen (secondary N) is 1. The van der Waals surface area contributed by atoms with E-state index < -0.39 is 0 Å². The molecule has 2 fully saturated rings. The van der Waals surface area contributed by atoms with E-state index in [4.69, 9.17) is 4.74 Å².